The summed E-state index contributed by atoms with van der Waals surface area (Å²) in [6, 6.07) is 12.6. The van der Waals surface area contributed by atoms with Crippen LogP contribution in [0.1, 0.15) is 31.8 Å². The first kappa shape index (κ1) is 20.0. The van der Waals surface area contributed by atoms with E-state index in [1.54, 1.807) is 24.3 Å². The van der Waals surface area contributed by atoms with E-state index in [1.807, 2.05) is 32.0 Å². The van der Waals surface area contributed by atoms with Crippen LogP contribution in [0.15, 0.2) is 42.5 Å². The molecule has 2 N–H and O–H groups in total. The van der Waals surface area contributed by atoms with Crippen molar-refractivity contribution in [2.24, 2.45) is 0 Å². The fraction of sp³-hybridized carbons (Fsp3) is 0.364. The van der Waals surface area contributed by atoms with E-state index in [0.29, 0.717) is 17.7 Å². The number of morpholine rings is 1. The van der Waals surface area contributed by atoms with Gasteiger partial charge in [-0.1, -0.05) is 17.7 Å². The third kappa shape index (κ3) is 5.41. The number of ether oxygens (including phenoxy) is 1. The smallest absolute Gasteiger partial charge is 0.255 e. The fourth-order valence-electron chi connectivity index (χ4n) is 3.18. The topological polar surface area (TPSA) is 70.7 Å². The van der Waals surface area contributed by atoms with Crippen molar-refractivity contribution in [3.05, 3.63) is 64.7 Å². The zero-order chi connectivity index (χ0) is 19.9. The average Bonchev–Trinajstić information content (AvgIpc) is 2.71. The van der Waals surface area contributed by atoms with Crippen molar-refractivity contribution in [3.63, 3.8) is 0 Å². The van der Waals surface area contributed by atoms with E-state index in [9.17, 15) is 9.59 Å². The van der Waals surface area contributed by atoms with Gasteiger partial charge in [0.1, 0.15) is 0 Å². The SMILES string of the molecule is Cc1ccc(NC(=O)c2ccc(C(=O)NCCN3CCOCC3)cc2)c(C)c1. The van der Waals surface area contributed by atoms with Gasteiger partial charge in [-0.2, -0.15) is 0 Å². The Labute approximate surface area is 165 Å². The number of nitrogens with zero attached hydrogens (tertiary/aromatic N) is 1. The van der Waals surface area contributed by atoms with Gasteiger partial charge >= 0.3 is 0 Å². The highest BCUT2D eigenvalue weighted by Gasteiger charge is 2.12. The van der Waals surface area contributed by atoms with Gasteiger partial charge in [0, 0.05) is 43.0 Å². The van der Waals surface area contributed by atoms with Gasteiger partial charge in [0.15, 0.2) is 0 Å². The molecule has 3 rings (SSSR count). The Bertz CT molecular complexity index is 827. The Balaban J connectivity index is 1.51. The van der Waals surface area contributed by atoms with E-state index in [4.69, 9.17) is 4.74 Å². The zero-order valence-corrected chi connectivity index (χ0v) is 16.5. The van der Waals surface area contributed by atoms with Gasteiger partial charge in [-0.05, 0) is 49.7 Å². The molecular formula is C22H27N3O3. The number of anilines is 1. The summed E-state index contributed by atoms with van der Waals surface area (Å²) in [6.45, 7) is 8.69. The molecule has 1 saturated heterocycles. The van der Waals surface area contributed by atoms with Gasteiger partial charge in [0.05, 0.1) is 13.2 Å². The zero-order valence-electron chi connectivity index (χ0n) is 16.5. The fourth-order valence-corrected chi connectivity index (χ4v) is 3.18. The number of carbonyl (C=O) groups is 2. The molecule has 1 aliphatic heterocycles. The van der Waals surface area contributed by atoms with E-state index < -0.39 is 0 Å². The van der Waals surface area contributed by atoms with E-state index in [1.165, 1.54) is 0 Å². The minimum absolute atomic E-state index is 0.130. The lowest BCUT2D eigenvalue weighted by Gasteiger charge is -2.26. The Morgan fingerprint density at radius 1 is 0.964 bits per heavy atom. The van der Waals surface area contributed by atoms with E-state index in [0.717, 1.165) is 49.7 Å². The molecule has 0 unspecified atom stereocenters. The molecule has 0 aliphatic carbocycles. The molecule has 1 aliphatic rings. The second-order valence-electron chi connectivity index (χ2n) is 7.06. The maximum Gasteiger partial charge on any atom is 0.255 e. The van der Waals surface area contributed by atoms with E-state index >= 15 is 0 Å². The van der Waals surface area contributed by atoms with Crippen LogP contribution in [0.2, 0.25) is 0 Å². The molecule has 0 saturated carbocycles. The maximum absolute atomic E-state index is 12.5. The van der Waals surface area contributed by atoms with Crippen LogP contribution in [-0.4, -0.2) is 56.1 Å². The van der Waals surface area contributed by atoms with Gasteiger partial charge in [-0.15, -0.1) is 0 Å². The molecule has 0 radical (unpaired) electrons. The van der Waals surface area contributed by atoms with Crippen LogP contribution in [0, 0.1) is 13.8 Å². The lowest BCUT2D eigenvalue weighted by molar-refractivity contribution is 0.0383. The number of amides is 2. The number of carbonyl (C=O) groups excluding carboxylic acids is 2. The van der Waals surface area contributed by atoms with Gasteiger partial charge in [0.2, 0.25) is 0 Å². The predicted octanol–water partition coefficient (Wildman–Crippen LogP) is 2.62. The van der Waals surface area contributed by atoms with Crippen LogP contribution in [0.25, 0.3) is 0 Å². The van der Waals surface area contributed by atoms with E-state index in [2.05, 4.69) is 15.5 Å². The Morgan fingerprint density at radius 2 is 1.61 bits per heavy atom. The molecular weight excluding hydrogens is 354 g/mol. The molecule has 2 amide bonds. The Morgan fingerprint density at radius 3 is 2.25 bits per heavy atom. The Hall–Kier alpha value is -2.70. The number of rotatable bonds is 6. The third-order valence-corrected chi connectivity index (χ3v) is 4.86. The summed E-state index contributed by atoms with van der Waals surface area (Å²) in [7, 11) is 0. The summed E-state index contributed by atoms with van der Waals surface area (Å²) in [5.74, 6) is -0.319. The first-order valence-corrected chi connectivity index (χ1v) is 9.60. The summed E-state index contributed by atoms with van der Waals surface area (Å²) in [4.78, 5) is 27.0. The van der Waals surface area contributed by atoms with Crippen LogP contribution < -0.4 is 10.6 Å². The van der Waals surface area contributed by atoms with Gasteiger partial charge < -0.3 is 15.4 Å². The monoisotopic (exact) mass is 381 g/mol. The molecule has 2 aromatic carbocycles. The van der Waals surface area contributed by atoms with Crippen molar-refractivity contribution in [2.45, 2.75) is 13.8 Å². The first-order chi connectivity index (χ1) is 13.5. The van der Waals surface area contributed by atoms with Crippen LogP contribution >= 0.6 is 0 Å². The third-order valence-electron chi connectivity index (χ3n) is 4.86. The largest absolute Gasteiger partial charge is 0.379 e. The molecule has 0 aromatic heterocycles. The lowest BCUT2D eigenvalue weighted by Crippen LogP contribution is -2.41. The number of nitrogens with one attached hydrogen (secondary N) is 2. The van der Waals surface area contributed by atoms with Crippen molar-refractivity contribution in [1.82, 2.24) is 10.2 Å². The average molecular weight is 381 g/mol. The molecule has 28 heavy (non-hydrogen) atoms. The van der Waals surface area contributed by atoms with Crippen molar-refractivity contribution < 1.29 is 14.3 Å². The summed E-state index contributed by atoms with van der Waals surface area (Å²) >= 11 is 0. The second-order valence-corrected chi connectivity index (χ2v) is 7.06. The summed E-state index contributed by atoms with van der Waals surface area (Å²) in [5.41, 5.74) is 4.03. The van der Waals surface area contributed by atoms with Crippen LogP contribution in [0.4, 0.5) is 5.69 Å². The summed E-state index contributed by atoms with van der Waals surface area (Å²) < 4.78 is 5.31. The number of hydrogen-bond acceptors (Lipinski definition) is 4. The summed E-state index contributed by atoms with van der Waals surface area (Å²) in [5, 5.41) is 5.84. The minimum atomic E-state index is -0.189. The molecule has 0 atom stereocenters. The minimum Gasteiger partial charge on any atom is -0.379 e. The Kier molecular flexibility index (Phi) is 6.79. The number of hydrogen-bond donors (Lipinski definition) is 2. The van der Waals surface area contributed by atoms with Crippen molar-refractivity contribution in [1.29, 1.82) is 0 Å². The normalized spacial score (nSPS) is 14.5. The maximum atomic E-state index is 12.5. The molecule has 6 heteroatoms. The first-order valence-electron chi connectivity index (χ1n) is 9.60. The highest BCUT2D eigenvalue weighted by molar-refractivity contribution is 6.05. The molecule has 1 heterocycles. The molecule has 0 spiro atoms. The molecule has 2 aromatic rings. The van der Waals surface area contributed by atoms with Crippen LogP contribution in [0.3, 0.4) is 0 Å². The van der Waals surface area contributed by atoms with Gasteiger partial charge in [0.25, 0.3) is 11.8 Å². The van der Waals surface area contributed by atoms with Crippen LogP contribution in [0.5, 0.6) is 0 Å². The summed E-state index contributed by atoms with van der Waals surface area (Å²) in [6.07, 6.45) is 0. The quantitative estimate of drug-likeness (QED) is 0.807. The lowest BCUT2D eigenvalue weighted by atomic mass is 10.1. The van der Waals surface area contributed by atoms with Crippen molar-refractivity contribution >= 4 is 17.5 Å². The second kappa shape index (κ2) is 9.48. The predicted molar refractivity (Wildman–Crippen MR) is 110 cm³/mol. The van der Waals surface area contributed by atoms with Gasteiger partial charge in [-0.3, -0.25) is 14.5 Å². The highest BCUT2D eigenvalue weighted by atomic mass is 16.5. The van der Waals surface area contributed by atoms with Crippen LogP contribution in [-0.2, 0) is 4.74 Å². The molecule has 148 valence electrons. The van der Waals surface area contributed by atoms with Gasteiger partial charge in [-0.25, -0.2) is 0 Å². The molecule has 0 bridgehead atoms. The van der Waals surface area contributed by atoms with E-state index in [-0.39, 0.29) is 11.8 Å². The standard InChI is InChI=1S/C22H27N3O3/c1-16-3-8-20(17(2)15-16)24-22(27)19-6-4-18(5-7-19)21(26)23-9-10-25-11-13-28-14-12-25/h3-8,15H,9-14H2,1-2H3,(H,23,26)(H,24,27). The number of aryl methyl sites for hydroxylation is 2. The van der Waals surface area contributed by atoms with Crippen molar-refractivity contribution in [3.8, 4) is 0 Å². The number of benzene rings is 2. The van der Waals surface area contributed by atoms with Crippen molar-refractivity contribution in [2.75, 3.05) is 44.7 Å². The highest BCUT2D eigenvalue weighted by Crippen LogP contribution is 2.17. The molecule has 6 nitrogen and oxygen atoms in total. The molecule has 1 fully saturated rings.